The van der Waals surface area contributed by atoms with Crippen molar-refractivity contribution in [2.24, 2.45) is 0 Å². The Bertz CT molecular complexity index is 609. The molecule has 0 aliphatic rings. The molecule has 0 saturated heterocycles. The van der Waals surface area contributed by atoms with E-state index in [0.717, 1.165) is 5.56 Å². The molecule has 0 bridgehead atoms. The van der Waals surface area contributed by atoms with Crippen molar-refractivity contribution in [1.29, 1.82) is 0 Å². The van der Waals surface area contributed by atoms with Crippen LogP contribution in [0.2, 0.25) is 10.0 Å². The molecule has 0 amide bonds. The van der Waals surface area contributed by atoms with Gasteiger partial charge in [0.25, 0.3) is 0 Å². The zero-order valence-electron chi connectivity index (χ0n) is 10.3. The first-order valence-electron chi connectivity index (χ1n) is 5.72. The van der Waals surface area contributed by atoms with Crippen molar-refractivity contribution >= 4 is 29.0 Å². The molecule has 0 aliphatic carbocycles. The predicted octanol–water partition coefficient (Wildman–Crippen LogP) is 4.43. The third kappa shape index (κ3) is 3.28. The van der Waals surface area contributed by atoms with Crippen LogP contribution in [0.1, 0.15) is 15.9 Å². The monoisotopic (exact) mass is 294 g/mol. The smallest absolute Gasteiger partial charge is 0.168 e. The number of carbonyl (C=O) groups is 1. The average Bonchev–Trinajstić information content (AvgIpc) is 2.41. The van der Waals surface area contributed by atoms with Crippen LogP contribution in [0.5, 0.6) is 5.75 Å². The molecule has 2 aromatic rings. The minimum Gasteiger partial charge on any atom is -0.495 e. The van der Waals surface area contributed by atoms with Gasteiger partial charge in [-0.15, -0.1) is 0 Å². The number of methoxy groups -OCH3 is 1. The van der Waals surface area contributed by atoms with Crippen molar-refractivity contribution in [3.63, 3.8) is 0 Å². The maximum absolute atomic E-state index is 12.2. The zero-order chi connectivity index (χ0) is 13.8. The SMILES string of the molecule is COc1cc(CC(=O)c2ccccc2Cl)ccc1Cl. The van der Waals surface area contributed by atoms with Gasteiger partial charge in [-0.1, -0.05) is 41.4 Å². The molecule has 0 unspecified atom stereocenters. The minimum absolute atomic E-state index is 0.0324. The van der Waals surface area contributed by atoms with Crippen LogP contribution in [0.3, 0.4) is 0 Å². The summed E-state index contributed by atoms with van der Waals surface area (Å²) in [4.78, 5) is 12.2. The number of rotatable bonds is 4. The number of ether oxygens (including phenoxy) is 1. The Morgan fingerprint density at radius 1 is 1.11 bits per heavy atom. The van der Waals surface area contributed by atoms with Crippen molar-refractivity contribution in [2.45, 2.75) is 6.42 Å². The summed E-state index contributed by atoms with van der Waals surface area (Å²) in [6.07, 6.45) is 0.261. The quantitative estimate of drug-likeness (QED) is 0.780. The lowest BCUT2D eigenvalue weighted by atomic mass is 10.0. The third-order valence-corrected chi connectivity index (χ3v) is 3.40. The second-order valence-corrected chi connectivity index (χ2v) is 4.86. The Hall–Kier alpha value is -1.51. The van der Waals surface area contributed by atoms with E-state index in [9.17, 15) is 4.79 Å². The molecular formula is C15H12Cl2O2. The second-order valence-electron chi connectivity index (χ2n) is 4.05. The number of hydrogen-bond acceptors (Lipinski definition) is 2. The summed E-state index contributed by atoms with van der Waals surface area (Å²) < 4.78 is 5.13. The Kier molecular flexibility index (Phi) is 4.46. The molecule has 0 fully saturated rings. The third-order valence-electron chi connectivity index (χ3n) is 2.75. The van der Waals surface area contributed by atoms with E-state index in [-0.39, 0.29) is 12.2 Å². The number of hydrogen-bond donors (Lipinski definition) is 0. The largest absolute Gasteiger partial charge is 0.495 e. The summed E-state index contributed by atoms with van der Waals surface area (Å²) in [5.74, 6) is 0.529. The van der Waals surface area contributed by atoms with Crippen molar-refractivity contribution < 1.29 is 9.53 Å². The molecular weight excluding hydrogens is 283 g/mol. The van der Waals surface area contributed by atoms with Crippen molar-refractivity contribution in [2.75, 3.05) is 7.11 Å². The molecule has 4 heteroatoms. The van der Waals surface area contributed by atoms with E-state index in [1.165, 1.54) is 0 Å². The molecule has 0 spiro atoms. The Balaban J connectivity index is 2.22. The van der Waals surface area contributed by atoms with Crippen LogP contribution in [0, 0.1) is 0 Å². The summed E-state index contributed by atoms with van der Waals surface area (Å²) in [5.41, 5.74) is 1.37. The van der Waals surface area contributed by atoms with Crippen LogP contribution in [0.25, 0.3) is 0 Å². The van der Waals surface area contributed by atoms with Crippen molar-refractivity contribution in [3.05, 3.63) is 63.6 Å². The van der Waals surface area contributed by atoms with E-state index in [2.05, 4.69) is 0 Å². The van der Waals surface area contributed by atoms with Gasteiger partial charge < -0.3 is 4.74 Å². The van der Waals surface area contributed by atoms with Gasteiger partial charge in [0, 0.05) is 12.0 Å². The number of ketones is 1. The van der Waals surface area contributed by atoms with Gasteiger partial charge in [0.15, 0.2) is 5.78 Å². The Labute approximate surface area is 121 Å². The first-order chi connectivity index (χ1) is 9.11. The summed E-state index contributed by atoms with van der Waals surface area (Å²) in [7, 11) is 1.54. The van der Waals surface area contributed by atoms with Gasteiger partial charge in [-0.25, -0.2) is 0 Å². The molecule has 0 aliphatic heterocycles. The lowest BCUT2D eigenvalue weighted by molar-refractivity contribution is 0.0993. The fourth-order valence-corrected chi connectivity index (χ4v) is 2.22. The topological polar surface area (TPSA) is 26.3 Å². The Morgan fingerprint density at radius 2 is 1.84 bits per heavy atom. The maximum Gasteiger partial charge on any atom is 0.168 e. The van der Waals surface area contributed by atoms with E-state index < -0.39 is 0 Å². The lowest BCUT2D eigenvalue weighted by Gasteiger charge is -2.07. The molecule has 19 heavy (non-hydrogen) atoms. The van der Waals surface area contributed by atoms with Gasteiger partial charge >= 0.3 is 0 Å². The minimum atomic E-state index is -0.0324. The van der Waals surface area contributed by atoms with E-state index in [1.807, 2.05) is 0 Å². The van der Waals surface area contributed by atoms with Gasteiger partial charge in [0.1, 0.15) is 5.75 Å². The first kappa shape index (κ1) is 13.9. The highest BCUT2D eigenvalue weighted by atomic mass is 35.5. The van der Waals surface area contributed by atoms with Gasteiger partial charge in [0.2, 0.25) is 0 Å². The molecule has 0 radical (unpaired) electrons. The molecule has 0 saturated carbocycles. The predicted molar refractivity (Wildman–Crippen MR) is 77.5 cm³/mol. The summed E-state index contributed by atoms with van der Waals surface area (Å²) in [6.45, 7) is 0. The van der Waals surface area contributed by atoms with Crippen LogP contribution in [0.4, 0.5) is 0 Å². The molecule has 2 nitrogen and oxygen atoms in total. The number of carbonyl (C=O) groups excluding carboxylic acids is 1. The van der Waals surface area contributed by atoms with Gasteiger partial charge in [0.05, 0.1) is 17.2 Å². The Morgan fingerprint density at radius 3 is 2.53 bits per heavy atom. The fourth-order valence-electron chi connectivity index (χ4n) is 1.78. The van der Waals surface area contributed by atoms with Crippen molar-refractivity contribution in [1.82, 2.24) is 0 Å². The molecule has 0 atom stereocenters. The highest BCUT2D eigenvalue weighted by Crippen LogP contribution is 2.26. The molecule has 2 aromatic carbocycles. The summed E-state index contributed by atoms with van der Waals surface area (Å²) in [6, 6.07) is 12.3. The van der Waals surface area contributed by atoms with Crippen LogP contribution in [-0.2, 0) is 6.42 Å². The van der Waals surface area contributed by atoms with Crippen LogP contribution < -0.4 is 4.74 Å². The van der Waals surface area contributed by atoms with Crippen LogP contribution in [0.15, 0.2) is 42.5 Å². The number of benzene rings is 2. The van der Waals surface area contributed by atoms with Crippen molar-refractivity contribution in [3.8, 4) is 5.75 Å². The standard InChI is InChI=1S/C15H12Cl2O2/c1-19-15-9-10(6-7-13(15)17)8-14(18)11-4-2-3-5-12(11)16/h2-7,9H,8H2,1H3. The van der Waals surface area contributed by atoms with Crippen LogP contribution in [-0.4, -0.2) is 12.9 Å². The van der Waals surface area contributed by atoms with E-state index >= 15 is 0 Å². The van der Waals surface area contributed by atoms with Crippen LogP contribution >= 0.6 is 23.2 Å². The maximum atomic E-state index is 12.2. The van der Waals surface area contributed by atoms with E-state index in [4.69, 9.17) is 27.9 Å². The normalized spacial score (nSPS) is 10.3. The van der Waals surface area contributed by atoms with Gasteiger partial charge in [-0.3, -0.25) is 4.79 Å². The van der Waals surface area contributed by atoms with E-state index in [0.29, 0.717) is 21.4 Å². The molecule has 0 aromatic heterocycles. The van der Waals surface area contributed by atoms with E-state index in [1.54, 1.807) is 49.6 Å². The number of halogens is 2. The highest BCUT2D eigenvalue weighted by molar-refractivity contribution is 6.34. The first-order valence-corrected chi connectivity index (χ1v) is 6.47. The molecule has 0 heterocycles. The molecule has 2 rings (SSSR count). The lowest BCUT2D eigenvalue weighted by Crippen LogP contribution is -2.04. The van der Waals surface area contributed by atoms with Gasteiger partial charge in [-0.2, -0.15) is 0 Å². The zero-order valence-corrected chi connectivity index (χ0v) is 11.8. The molecule has 0 N–H and O–H groups in total. The second kappa shape index (κ2) is 6.09. The average molecular weight is 295 g/mol. The fraction of sp³-hybridized carbons (Fsp3) is 0.133. The summed E-state index contributed by atoms with van der Waals surface area (Å²) >= 11 is 11.9. The number of Topliss-reactive ketones (excluding diaryl/α,β-unsaturated/α-hetero) is 1. The summed E-state index contributed by atoms with van der Waals surface area (Å²) in [5, 5.41) is 0.991. The molecule has 98 valence electrons. The van der Waals surface area contributed by atoms with Gasteiger partial charge in [-0.05, 0) is 29.8 Å². The highest BCUT2D eigenvalue weighted by Gasteiger charge is 2.11.